The summed E-state index contributed by atoms with van der Waals surface area (Å²) in [6, 6.07) is 17.1. The molecule has 0 saturated heterocycles. The number of aryl methyl sites for hydroxylation is 1. The molecule has 37 heavy (non-hydrogen) atoms. The molecule has 190 valence electrons. The van der Waals surface area contributed by atoms with Crippen molar-refractivity contribution in [1.29, 1.82) is 0 Å². The number of pyridine rings is 1. The number of benzene rings is 2. The molecule has 6 nitrogen and oxygen atoms in total. The van der Waals surface area contributed by atoms with E-state index in [4.69, 9.17) is 14.5 Å². The molecule has 0 bridgehead atoms. The number of esters is 1. The van der Waals surface area contributed by atoms with Gasteiger partial charge in [0, 0.05) is 15.8 Å². The van der Waals surface area contributed by atoms with Crippen molar-refractivity contribution >= 4 is 39.1 Å². The molecule has 1 aliphatic carbocycles. The van der Waals surface area contributed by atoms with E-state index < -0.39 is 5.97 Å². The van der Waals surface area contributed by atoms with E-state index in [1.54, 1.807) is 0 Å². The van der Waals surface area contributed by atoms with Crippen molar-refractivity contribution in [2.24, 2.45) is 0 Å². The highest BCUT2D eigenvalue weighted by atomic mass is 32.1. The predicted octanol–water partition coefficient (Wildman–Crippen LogP) is 7.06. The first kappa shape index (κ1) is 25.0. The second kappa shape index (κ2) is 11.1. The van der Waals surface area contributed by atoms with Crippen molar-refractivity contribution < 1.29 is 19.1 Å². The Morgan fingerprint density at radius 1 is 1.00 bits per heavy atom. The number of thiophene rings is 1. The Kier molecular flexibility index (Phi) is 7.51. The minimum Gasteiger partial charge on any atom is -0.494 e. The molecule has 1 aliphatic rings. The number of carbonyl (C=O) groups excluding carboxylic acids is 2. The SMILES string of the molecule is CCOc1ccc(-c2cc(C(=O)Nc3sc4c(c3C(=O)OC)CCCCCC4)c3ccccc3n2)cc1. The van der Waals surface area contributed by atoms with Crippen LogP contribution in [-0.2, 0) is 17.6 Å². The van der Waals surface area contributed by atoms with Crippen LogP contribution < -0.4 is 10.1 Å². The average molecular weight is 515 g/mol. The van der Waals surface area contributed by atoms with Crippen LogP contribution >= 0.6 is 11.3 Å². The van der Waals surface area contributed by atoms with Gasteiger partial charge in [0.2, 0.25) is 0 Å². The van der Waals surface area contributed by atoms with Crippen LogP contribution in [0.25, 0.3) is 22.2 Å². The summed E-state index contributed by atoms with van der Waals surface area (Å²) in [5.41, 5.74) is 4.34. The van der Waals surface area contributed by atoms with Crippen LogP contribution in [0.5, 0.6) is 5.75 Å². The highest BCUT2D eigenvalue weighted by Crippen LogP contribution is 2.38. The third-order valence-corrected chi connectivity index (χ3v) is 7.92. The average Bonchev–Trinajstić information content (AvgIpc) is 3.23. The van der Waals surface area contributed by atoms with Crippen LogP contribution in [0.15, 0.2) is 54.6 Å². The largest absolute Gasteiger partial charge is 0.494 e. The van der Waals surface area contributed by atoms with E-state index in [0.29, 0.717) is 28.4 Å². The van der Waals surface area contributed by atoms with Gasteiger partial charge >= 0.3 is 5.97 Å². The van der Waals surface area contributed by atoms with Crippen molar-refractivity contribution in [2.45, 2.75) is 45.4 Å². The Bertz CT molecular complexity index is 1440. The molecule has 1 N–H and O–H groups in total. The number of fused-ring (bicyclic) bond motifs is 2. The van der Waals surface area contributed by atoms with E-state index in [1.165, 1.54) is 29.7 Å². The summed E-state index contributed by atoms with van der Waals surface area (Å²) in [6.07, 6.45) is 6.19. The summed E-state index contributed by atoms with van der Waals surface area (Å²) < 4.78 is 10.7. The zero-order valence-electron chi connectivity index (χ0n) is 21.1. The molecule has 0 saturated carbocycles. The lowest BCUT2D eigenvalue weighted by molar-refractivity contribution is 0.0601. The molecule has 0 fully saturated rings. The lowest BCUT2D eigenvalue weighted by Crippen LogP contribution is -2.15. The molecular weight excluding hydrogens is 484 g/mol. The molecule has 0 atom stereocenters. The van der Waals surface area contributed by atoms with E-state index >= 15 is 0 Å². The van der Waals surface area contributed by atoms with Crippen molar-refractivity contribution in [2.75, 3.05) is 19.0 Å². The molecule has 5 rings (SSSR count). The van der Waals surface area contributed by atoms with E-state index in [-0.39, 0.29) is 5.91 Å². The van der Waals surface area contributed by atoms with Crippen molar-refractivity contribution in [3.63, 3.8) is 0 Å². The van der Waals surface area contributed by atoms with E-state index in [9.17, 15) is 9.59 Å². The van der Waals surface area contributed by atoms with E-state index in [2.05, 4.69) is 5.32 Å². The standard InChI is InChI=1S/C30H30N2O4S/c1-3-36-20-16-14-19(15-17-20)25-18-23(21-10-8-9-12-24(21)31-25)28(33)32-29-27(30(34)35-2)22-11-6-4-5-7-13-26(22)37-29/h8-10,12,14-18H,3-7,11,13H2,1-2H3,(H,32,33). The maximum Gasteiger partial charge on any atom is 0.341 e. The maximum absolute atomic E-state index is 13.8. The van der Waals surface area contributed by atoms with Gasteiger partial charge in [-0.05, 0) is 74.6 Å². The first-order chi connectivity index (χ1) is 18.1. The zero-order valence-corrected chi connectivity index (χ0v) is 22.0. The molecular formula is C30H30N2O4S. The molecule has 2 aromatic carbocycles. The Morgan fingerprint density at radius 3 is 2.51 bits per heavy atom. The number of carbonyl (C=O) groups is 2. The highest BCUT2D eigenvalue weighted by molar-refractivity contribution is 7.17. The highest BCUT2D eigenvalue weighted by Gasteiger charge is 2.26. The molecule has 2 heterocycles. The molecule has 1 amide bonds. The Morgan fingerprint density at radius 2 is 1.76 bits per heavy atom. The van der Waals surface area contributed by atoms with Gasteiger partial charge in [0.1, 0.15) is 10.8 Å². The number of methoxy groups -OCH3 is 1. The fraction of sp³-hybridized carbons (Fsp3) is 0.300. The smallest absolute Gasteiger partial charge is 0.341 e. The topological polar surface area (TPSA) is 77.5 Å². The van der Waals surface area contributed by atoms with Crippen LogP contribution in [0.1, 0.15) is 63.8 Å². The lowest BCUT2D eigenvalue weighted by atomic mass is 9.96. The van der Waals surface area contributed by atoms with Gasteiger partial charge < -0.3 is 14.8 Å². The molecule has 7 heteroatoms. The Balaban J connectivity index is 1.55. The van der Waals surface area contributed by atoms with Crippen molar-refractivity contribution in [3.05, 3.63) is 76.2 Å². The summed E-state index contributed by atoms with van der Waals surface area (Å²) in [5, 5.41) is 4.38. The number of nitrogens with zero attached hydrogens (tertiary/aromatic N) is 1. The number of amides is 1. The van der Waals surface area contributed by atoms with Gasteiger partial charge in [-0.2, -0.15) is 0 Å². The number of rotatable bonds is 6. The molecule has 0 unspecified atom stereocenters. The molecule has 0 aliphatic heterocycles. The number of ether oxygens (including phenoxy) is 2. The van der Waals surface area contributed by atoms with Gasteiger partial charge in [0.05, 0.1) is 36.1 Å². The maximum atomic E-state index is 13.8. The van der Waals surface area contributed by atoms with Gasteiger partial charge in [-0.1, -0.05) is 31.0 Å². The quantitative estimate of drug-likeness (QED) is 0.279. The van der Waals surface area contributed by atoms with Crippen LogP contribution in [0.4, 0.5) is 5.00 Å². The number of aromatic nitrogens is 1. The van der Waals surface area contributed by atoms with Crippen LogP contribution in [-0.4, -0.2) is 30.6 Å². The van der Waals surface area contributed by atoms with Gasteiger partial charge in [-0.3, -0.25) is 4.79 Å². The second-order valence-corrected chi connectivity index (χ2v) is 10.2. The third kappa shape index (κ3) is 5.23. The van der Waals surface area contributed by atoms with Crippen LogP contribution in [0.2, 0.25) is 0 Å². The minimum atomic E-state index is -0.400. The molecule has 4 aromatic rings. The monoisotopic (exact) mass is 514 g/mol. The normalized spacial score (nSPS) is 13.4. The van der Waals surface area contributed by atoms with Crippen molar-refractivity contribution in [3.8, 4) is 17.0 Å². The molecule has 0 spiro atoms. The van der Waals surface area contributed by atoms with Gasteiger partial charge in [-0.15, -0.1) is 11.3 Å². The Labute approximate surface area is 220 Å². The number of hydrogen-bond acceptors (Lipinski definition) is 6. The lowest BCUT2D eigenvalue weighted by Gasteiger charge is -2.12. The van der Waals surface area contributed by atoms with E-state index in [1.807, 2.05) is 61.5 Å². The minimum absolute atomic E-state index is 0.273. The Hall–Kier alpha value is -3.71. The first-order valence-corrected chi connectivity index (χ1v) is 13.6. The predicted molar refractivity (Wildman–Crippen MR) is 148 cm³/mol. The van der Waals surface area contributed by atoms with Gasteiger partial charge in [0.15, 0.2) is 0 Å². The number of para-hydroxylation sites is 1. The third-order valence-electron chi connectivity index (χ3n) is 6.71. The van der Waals surface area contributed by atoms with Crippen LogP contribution in [0.3, 0.4) is 0 Å². The number of nitrogens with one attached hydrogen (secondary N) is 1. The van der Waals surface area contributed by atoms with Crippen molar-refractivity contribution in [1.82, 2.24) is 4.98 Å². The summed E-state index contributed by atoms with van der Waals surface area (Å²) in [4.78, 5) is 32.6. The second-order valence-electron chi connectivity index (χ2n) is 9.10. The zero-order chi connectivity index (χ0) is 25.8. The first-order valence-electron chi connectivity index (χ1n) is 12.8. The molecule has 0 radical (unpaired) electrons. The summed E-state index contributed by atoms with van der Waals surface area (Å²) in [7, 11) is 1.39. The number of hydrogen-bond donors (Lipinski definition) is 1. The van der Waals surface area contributed by atoms with E-state index in [0.717, 1.165) is 59.9 Å². The van der Waals surface area contributed by atoms with Crippen LogP contribution in [0, 0.1) is 0 Å². The fourth-order valence-corrected chi connectivity index (χ4v) is 6.17. The van der Waals surface area contributed by atoms with Gasteiger partial charge in [0.25, 0.3) is 5.91 Å². The summed E-state index contributed by atoms with van der Waals surface area (Å²) in [5.74, 6) is 0.113. The fourth-order valence-electron chi connectivity index (χ4n) is 4.90. The molecule has 2 aromatic heterocycles. The summed E-state index contributed by atoms with van der Waals surface area (Å²) >= 11 is 1.50. The summed E-state index contributed by atoms with van der Waals surface area (Å²) in [6.45, 7) is 2.54. The number of anilines is 1. The van der Waals surface area contributed by atoms with Gasteiger partial charge in [-0.25, -0.2) is 9.78 Å².